The third-order valence-corrected chi connectivity index (χ3v) is 5.09. The number of halogens is 1. The number of aryl methyl sites for hydroxylation is 1. The number of likely N-dealkylation sites (tertiary alicyclic amines) is 1. The molecule has 1 aromatic carbocycles. The number of rotatable bonds is 4. The van der Waals surface area contributed by atoms with Gasteiger partial charge in [-0.3, -0.25) is 4.79 Å². The van der Waals surface area contributed by atoms with E-state index in [0.717, 1.165) is 47.4 Å². The van der Waals surface area contributed by atoms with E-state index in [9.17, 15) is 4.79 Å². The highest BCUT2D eigenvalue weighted by Crippen LogP contribution is 2.28. The van der Waals surface area contributed by atoms with Crippen LogP contribution in [0, 0.1) is 12.8 Å². The van der Waals surface area contributed by atoms with Gasteiger partial charge in [0, 0.05) is 29.2 Å². The molecule has 3 rings (SSSR count). The van der Waals surface area contributed by atoms with Gasteiger partial charge in [0.05, 0.1) is 0 Å². The third kappa shape index (κ3) is 3.86. The number of benzene rings is 1. The second-order valence-corrected chi connectivity index (χ2v) is 7.29. The molecule has 1 heterocycles. The normalized spacial score (nSPS) is 19.8. The fourth-order valence-corrected chi connectivity index (χ4v) is 3.45. The Hall–Kier alpha value is -0.870. The van der Waals surface area contributed by atoms with Gasteiger partial charge in [0.1, 0.15) is 0 Å². The average Bonchev–Trinajstić information content (AvgIpc) is 3.29. The van der Waals surface area contributed by atoms with Crippen molar-refractivity contribution in [2.75, 3.05) is 19.6 Å². The van der Waals surface area contributed by atoms with Gasteiger partial charge in [0.2, 0.25) is 0 Å². The first-order valence-electron chi connectivity index (χ1n) is 7.92. The van der Waals surface area contributed by atoms with Crippen LogP contribution in [0.4, 0.5) is 0 Å². The molecule has 1 N–H and O–H groups in total. The summed E-state index contributed by atoms with van der Waals surface area (Å²) >= 11 is 3.45. The smallest absolute Gasteiger partial charge is 0.254 e. The van der Waals surface area contributed by atoms with Crippen LogP contribution in [-0.2, 0) is 0 Å². The average molecular weight is 351 g/mol. The zero-order valence-corrected chi connectivity index (χ0v) is 14.2. The molecule has 4 heteroatoms. The topological polar surface area (TPSA) is 32.3 Å². The van der Waals surface area contributed by atoms with Crippen LogP contribution >= 0.6 is 15.9 Å². The van der Waals surface area contributed by atoms with Crippen molar-refractivity contribution < 1.29 is 4.79 Å². The summed E-state index contributed by atoms with van der Waals surface area (Å²) in [5.74, 6) is 1.11. The summed E-state index contributed by atoms with van der Waals surface area (Å²) in [6.07, 6.45) is 4.95. The van der Waals surface area contributed by atoms with Crippen molar-refractivity contribution in [3.8, 4) is 0 Å². The first kappa shape index (κ1) is 15.0. The molecule has 1 aliphatic carbocycles. The zero-order chi connectivity index (χ0) is 14.8. The Balaban J connectivity index is 1.54. The number of hydrogen-bond acceptors (Lipinski definition) is 2. The van der Waals surface area contributed by atoms with E-state index in [0.29, 0.717) is 6.04 Å². The molecule has 1 amide bonds. The molecule has 1 saturated heterocycles. The minimum atomic E-state index is 0.181. The van der Waals surface area contributed by atoms with Crippen molar-refractivity contribution >= 4 is 21.8 Å². The molecule has 0 radical (unpaired) electrons. The van der Waals surface area contributed by atoms with Gasteiger partial charge in [-0.15, -0.1) is 0 Å². The van der Waals surface area contributed by atoms with Crippen molar-refractivity contribution in [3.05, 3.63) is 33.8 Å². The minimum absolute atomic E-state index is 0.181. The highest BCUT2D eigenvalue weighted by atomic mass is 79.9. The first-order valence-corrected chi connectivity index (χ1v) is 8.71. The molecule has 0 bridgehead atoms. The van der Waals surface area contributed by atoms with E-state index in [4.69, 9.17) is 0 Å². The summed E-state index contributed by atoms with van der Waals surface area (Å²) in [7, 11) is 0. The lowest BCUT2D eigenvalue weighted by Crippen LogP contribution is -2.45. The quantitative estimate of drug-likeness (QED) is 0.902. The van der Waals surface area contributed by atoms with E-state index in [1.165, 1.54) is 19.4 Å². The van der Waals surface area contributed by atoms with Crippen LogP contribution in [0.1, 0.15) is 41.6 Å². The minimum Gasteiger partial charge on any atom is -0.339 e. The summed E-state index contributed by atoms with van der Waals surface area (Å²) < 4.78 is 1.03. The molecule has 0 atom stereocenters. The van der Waals surface area contributed by atoms with E-state index in [1.807, 2.05) is 30.0 Å². The number of carbonyl (C=O) groups excluding carboxylic acids is 1. The Kier molecular flexibility index (Phi) is 4.65. The van der Waals surface area contributed by atoms with Crippen molar-refractivity contribution in [2.45, 2.75) is 38.6 Å². The number of carbonyl (C=O) groups is 1. The maximum Gasteiger partial charge on any atom is 0.254 e. The Labute approximate surface area is 135 Å². The predicted molar refractivity (Wildman–Crippen MR) is 88.5 cm³/mol. The van der Waals surface area contributed by atoms with Crippen molar-refractivity contribution in [2.24, 2.45) is 5.92 Å². The van der Waals surface area contributed by atoms with Crippen molar-refractivity contribution in [3.63, 3.8) is 0 Å². The Morgan fingerprint density at radius 1 is 1.29 bits per heavy atom. The van der Waals surface area contributed by atoms with Crippen LogP contribution in [0.25, 0.3) is 0 Å². The molecular weight excluding hydrogens is 328 g/mol. The van der Waals surface area contributed by atoms with Gasteiger partial charge < -0.3 is 10.2 Å². The molecule has 2 aliphatic rings. The number of nitrogens with one attached hydrogen (secondary N) is 1. The molecule has 114 valence electrons. The Morgan fingerprint density at radius 2 is 2.00 bits per heavy atom. The van der Waals surface area contributed by atoms with E-state index in [2.05, 4.69) is 21.2 Å². The Bertz CT molecular complexity index is 520. The first-order chi connectivity index (χ1) is 10.1. The molecule has 1 aromatic rings. The molecule has 0 aromatic heterocycles. The largest absolute Gasteiger partial charge is 0.339 e. The van der Waals surface area contributed by atoms with Crippen LogP contribution in [0.5, 0.6) is 0 Å². The fourth-order valence-electron chi connectivity index (χ4n) is 2.98. The SMILES string of the molecule is Cc1cc(Br)ccc1C(=O)N1CCC(NCC2CC2)CC1. The number of hydrogen-bond donors (Lipinski definition) is 1. The third-order valence-electron chi connectivity index (χ3n) is 4.59. The van der Waals surface area contributed by atoms with Crippen molar-refractivity contribution in [1.82, 2.24) is 10.2 Å². The lowest BCUT2D eigenvalue weighted by molar-refractivity contribution is 0.0704. The molecule has 1 aliphatic heterocycles. The molecular formula is C17H23BrN2O. The second-order valence-electron chi connectivity index (χ2n) is 6.38. The summed E-state index contributed by atoms with van der Waals surface area (Å²) in [4.78, 5) is 14.6. The van der Waals surface area contributed by atoms with E-state index >= 15 is 0 Å². The molecule has 3 nitrogen and oxygen atoms in total. The van der Waals surface area contributed by atoms with Crippen LogP contribution in [0.2, 0.25) is 0 Å². The van der Waals surface area contributed by atoms with E-state index in [-0.39, 0.29) is 5.91 Å². The maximum atomic E-state index is 12.6. The lowest BCUT2D eigenvalue weighted by Gasteiger charge is -2.33. The van der Waals surface area contributed by atoms with Gasteiger partial charge in [-0.05, 0) is 68.8 Å². The zero-order valence-electron chi connectivity index (χ0n) is 12.6. The highest BCUT2D eigenvalue weighted by molar-refractivity contribution is 9.10. The van der Waals surface area contributed by atoms with Gasteiger partial charge >= 0.3 is 0 Å². The standard InChI is InChI=1S/C17H23BrN2O/c1-12-10-14(18)4-5-16(12)17(21)20-8-6-15(7-9-20)19-11-13-2-3-13/h4-5,10,13,15,19H,2-3,6-9,11H2,1H3. The summed E-state index contributed by atoms with van der Waals surface area (Å²) in [5.41, 5.74) is 1.88. The van der Waals surface area contributed by atoms with Crippen molar-refractivity contribution in [1.29, 1.82) is 0 Å². The molecule has 2 fully saturated rings. The van der Waals surface area contributed by atoms with Crippen LogP contribution < -0.4 is 5.32 Å². The monoisotopic (exact) mass is 350 g/mol. The van der Waals surface area contributed by atoms with E-state index < -0.39 is 0 Å². The number of piperidine rings is 1. The fraction of sp³-hybridized carbons (Fsp3) is 0.588. The van der Waals surface area contributed by atoms with Gasteiger partial charge in [-0.2, -0.15) is 0 Å². The summed E-state index contributed by atoms with van der Waals surface area (Å²) in [5, 5.41) is 3.66. The van der Waals surface area contributed by atoms with E-state index in [1.54, 1.807) is 0 Å². The second kappa shape index (κ2) is 6.49. The van der Waals surface area contributed by atoms with Gasteiger partial charge in [-0.1, -0.05) is 15.9 Å². The Morgan fingerprint density at radius 3 is 2.62 bits per heavy atom. The summed E-state index contributed by atoms with van der Waals surface area (Å²) in [6.45, 7) is 4.92. The number of amides is 1. The maximum absolute atomic E-state index is 12.6. The van der Waals surface area contributed by atoms with Gasteiger partial charge in [0.25, 0.3) is 5.91 Å². The predicted octanol–water partition coefficient (Wildman–Crippen LogP) is 3.36. The van der Waals surface area contributed by atoms with Crippen LogP contribution in [-0.4, -0.2) is 36.5 Å². The molecule has 0 unspecified atom stereocenters. The molecule has 1 saturated carbocycles. The number of nitrogens with zero attached hydrogens (tertiary/aromatic N) is 1. The molecule has 21 heavy (non-hydrogen) atoms. The van der Waals surface area contributed by atoms with Crippen LogP contribution in [0.3, 0.4) is 0 Å². The lowest BCUT2D eigenvalue weighted by atomic mass is 10.0. The molecule has 0 spiro atoms. The van der Waals surface area contributed by atoms with Gasteiger partial charge in [0.15, 0.2) is 0 Å². The summed E-state index contributed by atoms with van der Waals surface area (Å²) in [6, 6.07) is 6.49. The van der Waals surface area contributed by atoms with Crippen LogP contribution in [0.15, 0.2) is 22.7 Å². The van der Waals surface area contributed by atoms with Gasteiger partial charge in [-0.25, -0.2) is 0 Å². The highest BCUT2D eigenvalue weighted by Gasteiger charge is 2.26.